The number of nitrogens with zero attached hydrogens (tertiary/aromatic N) is 2. The van der Waals surface area contributed by atoms with Gasteiger partial charge in [0, 0.05) is 25.1 Å². The number of hydrogen-bond acceptors (Lipinski definition) is 6. The van der Waals surface area contributed by atoms with Crippen molar-refractivity contribution in [2.24, 2.45) is 0 Å². The molecule has 3 aromatic carbocycles. The molecule has 0 spiro atoms. The van der Waals surface area contributed by atoms with Gasteiger partial charge in [0.05, 0.1) is 11.9 Å². The zero-order chi connectivity index (χ0) is 28.9. The van der Waals surface area contributed by atoms with Gasteiger partial charge in [-0.05, 0) is 44.0 Å². The molecule has 9 nitrogen and oxygen atoms in total. The lowest BCUT2D eigenvalue weighted by molar-refractivity contribution is -0.140. The van der Waals surface area contributed by atoms with E-state index in [-0.39, 0.29) is 37.4 Å². The molecule has 3 aromatic rings. The first-order valence-electron chi connectivity index (χ1n) is 13.1. The van der Waals surface area contributed by atoms with Crippen LogP contribution in [0.3, 0.4) is 0 Å². The van der Waals surface area contributed by atoms with Crippen molar-refractivity contribution in [1.82, 2.24) is 10.2 Å². The summed E-state index contributed by atoms with van der Waals surface area (Å²) < 4.78 is 37.7. The number of anilines is 1. The van der Waals surface area contributed by atoms with E-state index in [0.717, 1.165) is 27.3 Å². The lowest BCUT2D eigenvalue weighted by atomic mass is 10.0. The minimum atomic E-state index is -3.88. The second kappa shape index (κ2) is 12.4. The third-order valence-corrected chi connectivity index (χ3v) is 7.60. The van der Waals surface area contributed by atoms with E-state index in [4.69, 9.17) is 9.47 Å². The van der Waals surface area contributed by atoms with Gasteiger partial charge in [-0.1, -0.05) is 60.2 Å². The standard InChI is InChI=1S/C30H35N3O6S/c1-21(2)31-30(35)26(16-23-10-6-5-7-11-23)32(18-24-12-8-9-22(3)15-24)29(34)19-33(40(4,36)37)25-13-14-27-28(17-25)39-20-38-27/h5-15,17,21,26H,16,18-20H2,1-4H3,(H,31,35). The summed E-state index contributed by atoms with van der Waals surface area (Å²) in [6.45, 7) is 5.33. The number of sulfonamides is 1. The molecule has 0 radical (unpaired) electrons. The van der Waals surface area contributed by atoms with Crippen molar-refractivity contribution >= 4 is 27.5 Å². The number of aryl methyl sites for hydroxylation is 1. The second-order valence-electron chi connectivity index (χ2n) is 10.2. The van der Waals surface area contributed by atoms with E-state index in [0.29, 0.717) is 11.5 Å². The van der Waals surface area contributed by atoms with Gasteiger partial charge in [-0.3, -0.25) is 13.9 Å². The Bertz CT molecular complexity index is 1460. The second-order valence-corrected chi connectivity index (χ2v) is 12.1. The Morgan fingerprint density at radius 3 is 2.30 bits per heavy atom. The highest BCUT2D eigenvalue weighted by molar-refractivity contribution is 7.92. The number of amides is 2. The molecule has 1 unspecified atom stereocenters. The number of carbonyl (C=O) groups is 2. The first-order valence-corrected chi connectivity index (χ1v) is 14.9. The highest BCUT2D eigenvalue weighted by Gasteiger charge is 2.33. The van der Waals surface area contributed by atoms with Crippen molar-refractivity contribution in [3.63, 3.8) is 0 Å². The predicted molar refractivity (Wildman–Crippen MR) is 154 cm³/mol. The van der Waals surface area contributed by atoms with E-state index in [1.54, 1.807) is 12.1 Å². The Morgan fingerprint density at radius 2 is 1.62 bits per heavy atom. The maximum Gasteiger partial charge on any atom is 0.244 e. The van der Waals surface area contributed by atoms with Gasteiger partial charge >= 0.3 is 0 Å². The number of rotatable bonds is 11. The summed E-state index contributed by atoms with van der Waals surface area (Å²) in [4.78, 5) is 29.2. The van der Waals surface area contributed by atoms with Crippen molar-refractivity contribution < 1.29 is 27.5 Å². The molecule has 1 aliphatic rings. The van der Waals surface area contributed by atoms with Crippen LogP contribution in [0, 0.1) is 6.92 Å². The van der Waals surface area contributed by atoms with Crippen LogP contribution in [0.15, 0.2) is 72.8 Å². The van der Waals surface area contributed by atoms with Crippen LogP contribution in [0.25, 0.3) is 0 Å². The predicted octanol–water partition coefficient (Wildman–Crippen LogP) is 3.65. The summed E-state index contributed by atoms with van der Waals surface area (Å²) in [5.41, 5.74) is 2.98. The zero-order valence-corrected chi connectivity index (χ0v) is 24.0. The molecule has 1 atom stereocenters. The fraction of sp³-hybridized carbons (Fsp3) is 0.333. The van der Waals surface area contributed by atoms with Crippen LogP contribution in [-0.2, 0) is 32.6 Å². The molecular weight excluding hydrogens is 530 g/mol. The van der Waals surface area contributed by atoms with E-state index in [2.05, 4.69) is 5.32 Å². The number of nitrogens with one attached hydrogen (secondary N) is 1. The molecule has 0 aliphatic carbocycles. The van der Waals surface area contributed by atoms with Crippen molar-refractivity contribution in [2.75, 3.05) is 23.9 Å². The number of fused-ring (bicyclic) bond motifs is 1. The largest absolute Gasteiger partial charge is 0.454 e. The minimum Gasteiger partial charge on any atom is -0.454 e. The Kier molecular flexibility index (Phi) is 8.99. The molecule has 1 heterocycles. The van der Waals surface area contributed by atoms with E-state index in [1.165, 1.54) is 11.0 Å². The average Bonchev–Trinajstić information content (AvgIpc) is 3.36. The van der Waals surface area contributed by atoms with Crippen molar-refractivity contribution in [3.05, 3.63) is 89.5 Å². The molecule has 40 heavy (non-hydrogen) atoms. The summed E-state index contributed by atoms with van der Waals surface area (Å²) in [5, 5.41) is 2.94. The molecule has 2 amide bonds. The molecule has 0 aromatic heterocycles. The highest BCUT2D eigenvalue weighted by Crippen LogP contribution is 2.36. The fourth-order valence-corrected chi connectivity index (χ4v) is 5.44. The molecule has 10 heteroatoms. The number of ether oxygens (including phenoxy) is 2. The topological polar surface area (TPSA) is 105 Å². The van der Waals surface area contributed by atoms with Gasteiger partial charge in [-0.15, -0.1) is 0 Å². The molecule has 212 valence electrons. The van der Waals surface area contributed by atoms with Crippen molar-refractivity contribution in [2.45, 2.75) is 45.8 Å². The Balaban J connectivity index is 1.73. The quantitative estimate of drug-likeness (QED) is 0.381. The Labute approximate surface area is 235 Å². The summed E-state index contributed by atoms with van der Waals surface area (Å²) in [7, 11) is -3.88. The lowest BCUT2D eigenvalue weighted by Gasteiger charge is -2.34. The van der Waals surface area contributed by atoms with Gasteiger partial charge in [0.15, 0.2) is 11.5 Å². The molecule has 1 N–H and O–H groups in total. The number of hydrogen-bond donors (Lipinski definition) is 1. The molecule has 4 rings (SSSR count). The molecule has 0 fully saturated rings. The van der Waals surface area contributed by atoms with E-state index < -0.39 is 28.5 Å². The van der Waals surface area contributed by atoms with Gasteiger partial charge < -0.3 is 19.7 Å². The molecule has 0 bridgehead atoms. The van der Waals surface area contributed by atoms with Crippen molar-refractivity contribution in [1.29, 1.82) is 0 Å². The third-order valence-electron chi connectivity index (χ3n) is 6.46. The summed E-state index contributed by atoms with van der Waals surface area (Å²) in [6.07, 6.45) is 1.31. The van der Waals surface area contributed by atoms with Crippen LogP contribution < -0.4 is 19.1 Å². The van der Waals surface area contributed by atoms with E-state index in [9.17, 15) is 18.0 Å². The smallest absolute Gasteiger partial charge is 0.244 e. The monoisotopic (exact) mass is 565 g/mol. The van der Waals surface area contributed by atoms with Gasteiger partial charge in [-0.25, -0.2) is 8.42 Å². The van der Waals surface area contributed by atoms with Crippen molar-refractivity contribution in [3.8, 4) is 11.5 Å². The summed E-state index contributed by atoms with van der Waals surface area (Å²) in [5.74, 6) is 0.0737. The zero-order valence-electron chi connectivity index (χ0n) is 23.2. The SMILES string of the molecule is Cc1cccc(CN(C(=O)CN(c2ccc3c(c2)OCO3)S(C)(=O)=O)C(Cc2ccccc2)C(=O)NC(C)C)c1. The molecular formula is C30H35N3O6S. The van der Waals surface area contributed by atoms with Crippen LogP contribution in [0.2, 0.25) is 0 Å². The maximum atomic E-state index is 14.1. The van der Waals surface area contributed by atoms with E-state index >= 15 is 0 Å². The minimum absolute atomic E-state index is 0.0347. The maximum absolute atomic E-state index is 14.1. The fourth-order valence-electron chi connectivity index (χ4n) is 4.60. The number of benzene rings is 3. The van der Waals surface area contributed by atoms with Crippen LogP contribution in [0.4, 0.5) is 5.69 Å². The van der Waals surface area contributed by atoms with Gasteiger partial charge in [0.25, 0.3) is 0 Å². The van der Waals surface area contributed by atoms with Crippen LogP contribution in [-0.4, -0.2) is 56.8 Å². The Morgan fingerprint density at radius 1 is 0.925 bits per heavy atom. The first kappa shape index (κ1) is 28.9. The van der Waals surface area contributed by atoms with Crippen LogP contribution in [0.1, 0.15) is 30.5 Å². The van der Waals surface area contributed by atoms with Crippen LogP contribution >= 0.6 is 0 Å². The molecule has 0 saturated heterocycles. The number of carbonyl (C=O) groups excluding carboxylic acids is 2. The molecule has 1 aliphatic heterocycles. The lowest BCUT2D eigenvalue weighted by Crippen LogP contribution is -2.54. The van der Waals surface area contributed by atoms with Gasteiger partial charge in [0.1, 0.15) is 12.6 Å². The van der Waals surface area contributed by atoms with Crippen LogP contribution in [0.5, 0.6) is 11.5 Å². The highest BCUT2D eigenvalue weighted by atomic mass is 32.2. The average molecular weight is 566 g/mol. The molecule has 0 saturated carbocycles. The van der Waals surface area contributed by atoms with Gasteiger partial charge in [-0.2, -0.15) is 0 Å². The third kappa shape index (κ3) is 7.32. The summed E-state index contributed by atoms with van der Waals surface area (Å²) >= 11 is 0. The normalized spacial score (nSPS) is 13.1. The first-order chi connectivity index (χ1) is 19.0. The Hall–Kier alpha value is -4.05. The van der Waals surface area contributed by atoms with E-state index in [1.807, 2.05) is 75.4 Å². The summed E-state index contributed by atoms with van der Waals surface area (Å²) in [6, 6.07) is 20.8. The van der Waals surface area contributed by atoms with Gasteiger partial charge in [0.2, 0.25) is 28.6 Å².